The van der Waals surface area contributed by atoms with E-state index in [2.05, 4.69) is 17.6 Å². The molecule has 0 saturated heterocycles. The van der Waals surface area contributed by atoms with Crippen LogP contribution in [0.3, 0.4) is 0 Å². The molecule has 0 aliphatic heterocycles. The normalized spacial score (nSPS) is 20.7. The lowest BCUT2D eigenvalue weighted by Crippen LogP contribution is -2.46. The second-order valence-corrected chi connectivity index (χ2v) is 7.13. The minimum absolute atomic E-state index is 0.127. The van der Waals surface area contributed by atoms with Crippen LogP contribution >= 0.6 is 11.6 Å². The van der Waals surface area contributed by atoms with Gasteiger partial charge >= 0.3 is 5.97 Å². The lowest BCUT2D eigenvalue weighted by atomic mass is 9.86. The molecule has 6 nitrogen and oxygen atoms in total. The predicted molar refractivity (Wildman–Crippen MR) is 98.9 cm³/mol. The maximum atomic E-state index is 12.2. The van der Waals surface area contributed by atoms with Gasteiger partial charge in [0.15, 0.2) is 6.10 Å². The SMILES string of the molecule is C[C@H](OC(=O)CNC(=O)c1ccc(Cl)cc1)C(=O)N[C@H]1CCCC[C@H]1C. The van der Waals surface area contributed by atoms with Crippen molar-refractivity contribution in [2.75, 3.05) is 6.54 Å². The van der Waals surface area contributed by atoms with Gasteiger partial charge in [0, 0.05) is 16.6 Å². The van der Waals surface area contributed by atoms with Gasteiger partial charge in [0.2, 0.25) is 0 Å². The Morgan fingerprint density at radius 3 is 2.50 bits per heavy atom. The highest BCUT2D eigenvalue weighted by Crippen LogP contribution is 2.23. The molecule has 7 heteroatoms. The van der Waals surface area contributed by atoms with Crippen LogP contribution in [0.1, 0.15) is 49.9 Å². The molecule has 2 rings (SSSR count). The zero-order chi connectivity index (χ0) is 19.1. The van der Waals surface area contributed by atoms with Crippen LogP contribution in [0.5, 0.6) is 0 Å². The topological polar surface area (TPSA) is 84.5 Å². The molecular formula is C19H25ClN2O4. The van der Waals surface area contributed by atoms with Crippen molar-refractivity contribution >= 4 is 29.4 Å². The molecule has 3 atom stereocenters. The molecule has 2 amide bonds. The summed E-state index contributed by atoms with van der Waals surface area (Å²) in [6.07, 6.45) is 3.43. The highest BCUT2D eigenvalue weighted by atomic mass is 35.5. The average Bonchev–Trinajstić information content (AvgIpc) is 2.62. The van der Waals surface area contributed by atoms with Gasteiger partial charge in [-0.05, 0) is 49.9 Å². The van der Waals surface area contributed by atoms with Gasteiger partial charge in [-0.3, -0.25) is 14.4 Å². The number of halogens is 1. The van der Waals surface area contributed by atoms with E-state index < -0.39 is 18.0 Å². The highest BCUT2D eigenvalue weighted by molar-refractivity contribution is 6.30. The first kappa shape index (κ1) is 20.2. The summed E-state index contributed by atoms with van der Waals surface area (Å²) >= 11 is 5.77. The summed E-state index contributed by atoms with van der Waals surface area (Å²) in [5.74, 6) is -0.950. The van der Waals surface area contributed by atoms with Gasteiger partial charge in [0.25, 0.3) is 11.8 Å². The van der Waals surface area contributed by atoms with E-state index in [0.29, 0.717) is 16.5 Å². The molecular weight excluding hydrogens is 356 g/mol. The van der Waals surface area contributed by atoms with Crippen LogP contribution < -0.4 is 10.6 Å². The number of carbonyl (C=O) groups excluding carboxylic acids is 3. The van der Waals surface area contributed by atoms with Gasteiger partial charge in [0.1, 0.15) is 6.54 Å². The van der Waals surface area contributed by atoms with Crippen molar-refractivity contribution in [2.45, 2.75) is 51.7 Å². The van der Waals surface area contributed by atoms with Gasteiger partial charge in [-0.15, -0.1) is 0 Å². The van der Waals surface area contributed by atoms with Crippen molar-refractivity contribution in [2.24, 2.45) is 5.92 Å². The van der Waals surface area contributed by atoms with E-state index in [9.17, 15) is 14.4 Å². The standard InChI is InChI=1S/C19H25ClN2O4/c1-12-5-3-4-6-16(12)22-18(24)13(2)26-17(23)11-21-19(25)14-7-9-15(20)10-8-14/h7-10,12-13,16H,3-6,11H2,1-2H3,(H,21,25)(H,22,24)/t12-,13+,16+/m1/s1. The average molecular weight is 381 g/mol. The minimum Gasteiger partial charge on any atom is -0.451 e. The van der Waals surface area contributed by atoms with E-state index in [-0.39, 0.29) is 18.5 Å². The lowest BCUT2D eigenvalue weighted by molar-refractivity contribution is -0.154. The van der Waals surface area contributed by atoms with E-state index in [1.807, 2.05) is 0 Å². The zero-order valence-corrected chi connectivity index (χ0v) is 15.8. The summed E-state index contributed by atoms with van der Waals surface area (Å²) in [7, 11) is 0. The number of amides is 2. The fraction of sp³-hybridized carbons (Fsp3) is 0.526. The Balaban J connectivity index is 1.74. The lowest BCUT2D eigenvalue weighted by Gasteiger charge is -2.30. The summed E-state index contributed by atoms with van der Waals surface area (Å²) in [6.45, 7) is 3.34. The molecule has 1 fully saturated rings. The van der Waals surface area contributed by atoms with Gasteiger partial charge in [-0.25, -0.2) is 0 Å². The summed E-state index contributed by atoms with van der Waals surface area (Å²) in [5, 5.41) is 5.94. The Bertz CT molecular complexity index is 647. The van der Waals surface area contributed by atoms with Crippen molar-refractivity contribution in [3.63, 3.8) is 0 Å². The Hall–Kier alpha value is -2.08. The first-order valence-electron chi connectivity index (χ1n) is 8.90. The molecule has 1 aromatic carbocycles. The third-order valence-corrected chi connectivity index (χ3v) is 4.87. The fourth-order valence-corrected chi connectivity index (χ4v) is 3.10. The number of hydrogen-bond donors (Lipinski definition) is 2. The third-order valence-electron chi connectivity index (χ3n) is 4.62. The Kier molecular flexibility index (Phi) is 7.45. The van der Waals surface area contributed by atoms with Crippen LogP contribution in [-0.4, -0.2) is 36.5 Å². The Labute approximate surface area is 158 Å². The van der Waals surface area contributed by atoms with Gasteiger partial charge in [-0.2, -0.15) is 0 Å². The maximum Gasteiger partial charge on any atom is 0.326 e. The molecule has 0 aromatic heterocycles. The van der Waals surface area contributed by atoms with Crippen LogP contribution in [0.25, 0.3) is 0 Å². The number of rotatable bonds is 6. The number of nitrogens with one attached hydrogen (secondary N) is 2. The quantitative estimate of drug-likeness (QED) is 0.743. The number of benzene rings is 1. The van der Waals surface area contributed by atoms with Crippen molar-refractivity contribution in [3.05, 3.63) is 34.9 Å². The molecule has 1 aromatic rings. The van der Waals surface area contributed by atoms with E-state index in [1.54, 1.807) is 24.3 Å². The first-order chi connectivity index (χ1) is 12.4. The second-order valence-electron chi connectivity index (χ2n) is 6.70. The summed E-state index contributed by atoms with van der Waals surface area (Å²) in [4.78, 5) is 36.0. The van der Waals surface area contributed by atoms with Gasteiger partial charge in [-0.1, -0.05) is 31.4 Å². The number of hydrogen-bond acceptors (Lipinski definition) is 4. The van der Waals surface area contributed by atoms with Crippen LogP contribution in [0.4, 0.5) is 0 Å². The molecule has 1 aliphatic carbocycles. The molecule has 0 unspecified atom stereocenters. The van der Waals surface area contributed by atoms with Crippen molar-refractivity contribution in [1.29, 1.82) is 0 Å². The molecule has 2 N–H and O–H groups in total. The summed E-state index contributed by atoms with van der Waals surface area (Å²) in [5.41, 5.74) is 0.388. The van der Waals surface area contributed by atoms with Crippen molar-refractivity contribution < 1.29 is 19.1 Å². The highest BCUT2D eigenvalue weighted by Gasteiger charge is 2.26. The monoisotopic (exact) mass is 380 g/mol. The van der Waals surface area contributed by atoms with Crippen LogP contribution in [0.2, 0.25) is 5.02 Å². The molecule has 1 saturated carbocycles. The molecule has 142 valence electrons. The third kappa shape index (κ3) is 6.02. The number of esters is 1. The smallest absolute Gasteiger partial charge is 0.326 e. The van der Waals surface area contributed by atoms with E-state index >= 15 is 0 Å². The van der Waals surface area contributed by atoms with Gasteiger partial charge in [0.05, 0.1) is 0 Å². The molecule has 26 heavy (non-hydrogen) atoms. The Morgan fingerprint density at radius 1 is 1.19 bits per heavy atom. The van der Waals surface area contributed by atoms with Crippen molar-refractivity contribution in [3.8, 4) is 0 Å². The van der Waals surface area contributed by atoms with E-state index in [0.717, 1.165) is 19.3 Å². The van der Waals surface area contributed by atoms with E-state index in [1.165, 1.54) is 13.3 Å². The second kappa shape index (κ2) is 9.57. The summed E-state index contributed by atoms with van der Waals surface area (Å²) in [6, 6.07) is 6.43. The maximum absolute atomic E-state index is 12.2. The van der Waals surface area contributed by atoms with E-state index in [4.69, 9.17) is 16.3 Å². The number of ether oxygens (including phenoxy) is 1. The Morgan fingerprint density at radius 2 is 1.85 bits per heavy atom. The number of carbonyl (C=O) groups is 3. The molecule has 0 bridgehead atoms. The van der Waals surface area contributed by atoms with Gasteiger partial charge < -0.3 is 15.4 Å². The fourth-order valence-electron chi connectivity index (χ4n) is 2.98. The molecule has 0 radical (unpaired) electrons. The van der Waals surface area contributed by atoms with Crippen molar-refractivity contribution in [1.82, 2.24) is 10.6 Å². The van der Waals surface area contributed by atoms with Crippen LogP contribution in [0, 0.1) is 5.92 Å². The largest absolute Gasteiger partial charge is 0.451 e. The predicted octanol–water partition coefficient (Wildman–Crippen LogP) is 2.70. The molecule has 1 aliphatic rings. The molecule has 0 spiro atoms. The zero-order valence-electron chi connectivity index (χ0n) is 15.1. The minimum atomic E-state index is -0.899. The first-order valence-corrected chi connectivity index (χ1v) is 9.28. The summed E-state index contributed by atoms with van der Waals surface area (Å²) < 4.78 is 5.11. The van der Waals surface area contributed by atoms with Crippen LogP contribution in [0.15, 0.2) is 24.3 Å². The van der Waals surface area contributed by atoms with Crippen LogP contribution in [-0.2, 0) is 14.3 Å². The molecule has 0 heterocycles.